The Labute approximate surface area is 101 Å². The summed E-state index contributed by atoms with van der Waals surface area (Å²) in [6, 6.07) is 0. The van der Waals surface area contributed by atoms with Gasteiger partial charge in [-0.05, 0) is 52.4 Å². The maximum Gasteiger partial charge on any atom is 0.0702 e. The molecule has 1 atom stereocenters. The topological polar surface area (TPSA) is 24.5 Å². The number of rotatable bonds is 9. The van der Waals surface area contributed by atoms with Crippen molar-refractivity contribution in [3.8, 4) is 0 Å². The fourth-order valence-corrected chi connectivity index (χ4v) is 2.27. The third kappa shape index (κ3) is 5.83. The summed E-state index contributed by atoms with van der Waals surface area (Å²) >= 11 is 0. The lowest BCUT2D eigenvalue weighted by Crippen LogP contribution is -2.32. The van der Waals surface area contributed by atoms with Crippen LogP contribution in [0.4, 0.5) is 0 Å². The van der Waals surface area contributed by atoms with Crippen LogP contribution in [0, 0.1) is 0 Å². The van der Waals surface area contributed by atoms with Crippen molar-refractivity contribution in [3.63, 3.8) is 0 Å². The quantitative estimate of drug-likeness (QED) is 0.610. The molecule has 16 heavy (non-hydrogen) atoms. The first-order chi connectivity index (χ1) is 7.86. The number of nitrogens with zero attached hydrogens (tertiary/aromatic N) is 1. The molecular weight excluding hydrogens is 200 g/mol. The van der Waals surface area contributed by atoms with Crippen LogP contribution < -0.4 is 5.32 Å². The minimum absolute atomic E-state index is 0.511. The SMILES string of the molecule is CCN(CCCCCNC)CC1CCCO1. The zero-order chi connectivity index (χ0) is 11.6. The molecule has 3 heteroatoms. The zero-order valence-corrected chi connectivity index (χ0v) is 11.0. The van der Waals surface area contributed by atoms with Gasteiger partial charge in [-0.15, -0.1) is 0 Å². The first-order valence-corrected chi connectivity index (χ1v) is 6.85. The van der Waals surface area contributed by atoms with E-state index in [0.29, 0.717) is 6.10 Å². The maximum atomic E-state index is 5.68. The zero-order valence-electron chi connectivity index (χ0n) is 11.0. The summed E-state index contributed by atoms with van der Waals surface area (Å²) in [4.78, 5) is 2.54. The van der Waals surface area contributed by atoms with Crippen molar-refractivity contribution in [1.29, 1.82) is 0 Å². The van der Waals surface area contributed by atoms with Crippen LogP contribution in [0.1, 0.15) is 39.0 Å². The van der Waals surface area contributed by atoms with E-state index in [-0.39, 0.29) is 0 Å². The molecule has 1 aliphatic heterocycles. The molecule has 1 fully saturated rings. The first-order valence-electron chi connectivity index (χ1n) is 6.85. The molecule has 0 amide bonds. The molecule has 1 heterocycles. The van der Waals surface area contributed by atoms with E-state index in [9.17, 15) is 0 Å². The molecule has 0 spiro atoms. The lowest BCUT2D eigenvalue weighted by Gasteiger charge is -2.23. The Hall–Kier alpha value is -0.120. The molecule has 1 saturated heterocycles. The largest absolute Gasteiger partial charge is 0.377 e. The second-order valence-corrected chi connectivity index (χ2v) is 4.69. The smallest absolute Gasteiger partial charge is 0.0702 e. The van der Waals surface area contributed by atoms with Gasteiger partial charge in [0, 0.05) is 13.2 Å². The van der Waals surface area contributed by atoms with Gasteiger partial charge in [-0.3, -0.25) is 0 Å². The van der Waals surface area contributed by atoms with Crippen LogP contribution in [0.25, 0.3) is 0 Å². The van der Waals surface area contributed by atoms with Crippen molar-refractivity contribution < 1.29 is 4.74 Å². The van der Waals surface area contributed by atoms with E-state index in [2.05, 4.69) is 17.1 Å². The summed E-state index contributed by atoms with van der Waals surface area (Å²) in [5.41, 5.74) is 0. The Morgan fingerprint density at radius 3 is 2.81 bits per heavy atom. The molecule has 0 aliphatic carbocycles. The standard InChI is InChI=1S/C13H28N2O/c1-3-15(10-6-4-5-9-14-2)12-13-8-7-11-16-13/h13-14H,3-12H2,1-2H3. The number of nitrogens with one attached hydrogen (secondary N) is 1. The molecule has 96 valence electrons. The minimum atomic E-state index is 0.511. The highest BCUT2D eigenvalue weighted by Gasteiger charge is 2.17. The summed E-state index contributed by atoms with van der Waals surface area (Å²) in [5, 5.41) is 3.19. The highest BCUT2D eigenvalue weighted by Crippen LogP contribution is 2.13. The third-order valence-electron chi connectivity index (χ3n) is 3.33. The summed E-state index contributed by atoms with van der Waals surface area (Å²) in [6.45, 7) is 7.92. The number of likely N-dealkylation sites (N-methyl/N-ethyl adjacent to an activating group) is 1. The molecule has 0 radical (unpaired) electrons. The van der Waals surface area contributed by atoms with E-state index in [1.54, 1.807) is 0 Å². The summed E-state index contributed by atoms with van der Waals surface area (Å²) < 4.78 is 5.68. The number of unbranched alkanes of at least 4 members (excludes halogenated alkanes) is 2. The van der Waals surface area contributed by atoms with E-state index in [1.165, 1.54) is 38.6 Å². The van der Waals surface area contributed by atoms with Crippen molar-refractivity contribution in [2.75, 3.05) is 39.8 Å². The van der Waals surface area contributed by atoms with Crippen LogP contribution in [0.2, 0.25) is 0 Å². The average molecular weight is 228 g/mol. The lowest BCUT2D eigenvalue weighted by atomic mass is 10.2. The Morgan fingerprint density at radius 1 is 1.31 bits per heavy atom. The van der Waals surface area contributed by atoms with Gasteiger partial charge in [-0.1, -0.05) is 13.3 Å². The minimum Gasteiger partial charge on any atom is -0.377 e. The molecule has 0 bridgehead atoms. The van der Waals surface area contributed by atoms with E-state index < -0.39 is 0 Å². The van der Waals surface area contributed by atoms with Crippen molar-refractivity contribution in [3.05, 3.63) is 0 Å². The number of hydrogen-bond acceptors (Lipinski definition) is 3. The molecule has 1 aliphatic rings. The Balaban J connectivity index is 2.01. The maximum absolute atomic E-state index is 5.68. The Kier molecular flexibility index (Phi) is 7.81. The second-order valence-electron chi connectivity index (χ2n) is 4.69. The van der Waals surface area contributed by atoms with E-state index >= 15 is 0 Å². The average Bonchev–Trinajstić information content (AvgIpc) is 2.80. The predicted octanol–water partition coefficient (Wildman–Crippen LogP) is 1.88. The van der Waals surface area contributed by atoms with Gasteiger partial charge >= 0.3 is 0 Å². The predicted molar refractivity (Wildman–Crippen MR) is 68.9 cm³/mol. The Morgan fingerprint density at radius 2 is 2.19 bits per heavy atom. The van der Waals surface area contributed by atoms with Gasteiger partial charge in [0.1, 0.15) is 0 Å². The van der Waals surface area contributed by atoms with Gasteiger partial charge in [0.15, 0.2) is 0 Å². The van der Waals surface area contributed by atoms with Crippen molar-refractivity contribution in [1.82, 2.24) is 10.2 Å². The first kappa shape index (κ1) is 13.9. The van der Waals surface area contributed by atoms with Gasteiger partial charge in [0.05, 0.1) is 6.10 Å². The van der Waals surface area contributed by atoms with Crippen LogP contribution in [-0.4, -0.2) is 50.8 Å². The van der Waals surface area contributed by atoms with Gasteiger partial charge in [-0.2, -0.15) is 0 Å². The molecule has 3 nitrogen and oxygen atoms in total. The van der Waals surface area contributed by atoms with Gasteiger partial charge in [0.25, 0.3) is 0 Å². The van der Waals surface area contributed by atoms with E-state index in [1.807, 2.05) is 7.05 Å². The van der Waals surface area contributed by atoms with Crippen LogP contribution >= 0.6 is 0 Å². The van der Waals surface area contributed by atoms with Gasteiger partial charge < -0.3 is 15.0 Å². The van der Waals surface area contributed by atoms with E-state index in [4.69, 9.17) is 4.74 Å². The Bertz CT molecular complexity index is 158. The molecule has 0 saturated carbocycles. The van der Waals surface area contributed by atoms with Gasteiger partial charge in [-0.25, -0.2) is 0 Å². The van der Waals surface area contributed by atoms with E-state index in [0.717, 1.165) is 26.2 Å². The summed E-state index contributed by atoms with van der Waals surface area (Å²) in [7, 11) is 2.02. The molecule has 1 N–H and O–H groups in total. The molecular formula is C13H28N2O. The second kappa shape index (κ2) is 8.97. The van der Waals surface area contributed by atoms with Crippen molar-refractivity contribution >= 4 is 0 Å². The lowest BCUT2D eigenvalue weighted by molar-refractivity contribution is 0.0742. The molecule has 0 aromatic carbocycles. The number of hydrogen-bond donors (Lipinski definition) is 1. The monoisotopic (exact) mass is 228 g/mol. The normalized spacial score (nSPS) is 20.8. The third-order valence-corrected chi connectivity index (χ3v) is 3.33. The van der Waals surface area contributed by atoms with Crippen LogP contribution in [-0.2, 0) is 4.74 Å². The molecule has 1 unspecified atom stereocenters. The summed E-state index contributed by atoms with van der Waals surface area (Å²) in [6.07, 6.45) is 6.98. The highest BCUT2D eigenvalue weighted by molar-refractivity contribution is 4.69. The number of ether oxygens (including phenoxy) is 1. The van der Waals surface area contributed by atoms with Crippen molar-refractivity contribution in [2.24, 2.45) is 0 Å². The molecule has 1 rings (SSSR count). The van der Waals surface area contributed by atoms with Crippen molar-refractivity contribution in [2.45, 2.75) is 45.1 Å². The van der Waals surface area contributed by atoms with Crippen LogP contribution in [0.5, 0.6) is 0 Å². The van der Waals surface area contributed by atoms with Crippen LogP contribution in [0.3, 0.4) is 0 Å². The molecule has 0 aromatic heterocycles. The summed E-state index contributed by atoms with van der Waals surface area (Å²) in [5.74, 6) is 0. The van der Waals surface area contributed by atoms with Crippen LogP contribution in [0.15, 0.2) is 0 Å². The highest BCUT2D eigenvalue weighted by atomic mass is 16.5. The van der Waals surface area contributed by atoms with Gasteiger partial charge in [0.2, 0.25) is 0 Å². The fraction of sp³-hybridized carbons (Fsp3) is 1.00. The molecule has 0 aromatic rings. The fourth-order valence-electron chi connectivity index (χ4n) is 2.27.